The highest BCUT2D eigenvalue weighted by Gasteiger charge is 2.27. The summed E-state index contributed by atoms with van der Waals surface area (Å²) in [6.07, 6.45) is 7.24. The van der Waals surface area contributed by atoms with Crippen molar-refractivity contribution in [1.82, 2.24) is 24.7 Å². The van der Waals surface area contributed by atoms with Gasteiger partial charge >= 0.3 is 0 Å². The number of fused-ring (bicyclic) bond motifs is 2. The van der Waals surface area contributed by atoms with E-state index in [-0.39, 0.29) is 5.69 Å². The summed E-state index contributed by atoms with van der Waals surface area (Å²) in [5, 5.41) is 11.4. The van der Waals surface area contributed by atoms with Crippen LogP contribution in [0.4, 0.5) is 27.4 Å². The second-order valence-corrected chi connectivity index (χ2v) is 8.47. The Balaban J connectivity index is 1.42. The number of nitrogens with one attached hydrogen (secondary N) is 2. The van der Waals surface area contributed by atoms with E-state index >= 15 is 4.39 Å². The fourth-order valence-electron chi connectivity index (χ4n) is 4.28. The predicted molar refractivity (Wildman–Crippen MR) is 124 cm³/mol. The average molecular weight is 446 g/mol. The lowest BCUT2D eigenvalue weighted by molar-refractivity contribution is 0.310. The number of hydrogen-bond donors (Lipinski definition) is 3. The topological polar surface area (TPSA) is 116 Å². The van der Waals surface area contributed by atoms with Gasteiger partial charge in [-0.15, -0.1) is 0 Å². The van der Waals surface area contributed by atoms with Crippen LogP contribution in [-0.4, -0.2) is 37.9 Å². The summed E-state index contributed by atoms with van der Waals surface area (Å²) < 4.78 is 22.9. The number of aromatic nitrogens is 5. The van der Waals surface area contributed by atoms with Gasteiger partial charge in [-0.1, -0.05) is 0 Å². The van der Waals surface area contributed by atoms with Gasteiger partial charge in [-0.05, 0) is 38.3 Å². The maximum Gasteiger partial charge on any atom is 0.237 e. The van der Waals surface area contributed by atoms with Gasteiger partial charge in [0.1, 0.15) is 12.3 Å². The van der Waals surface area contributed by atoms with Gasteiger partial charge in [0.05, 0.1) is 34.8 Å². The Morgan fingerprint density at radius 3 is 2.85 bits per heavy atom. The lowest BCUT2D eigenvalue weighted by Crippen LogP contribution is -2.20. The van der Waals surface area contributed by atoms with E-state index < -0.39 is 5.82 Å². The van der Waals surface area contributed by atoms with E-state index in [1.54, 1.807) is 24.7 Å². The molecule has 168 valence electrons. The maximum atomic E-state index is 15.3. The highest BCUT2D eigenvalue weighted by molar-refractivity contribution is 5.96. The second-order valence-electron chi connectivity index (χ2n) is 8.47. The normalized spacial score (nSPS) is 15.1. The molecule has 0 radical (unpaired) electrons. The number of benzene rings is 1. The molecule has 6 rings (SSSR count). The molecule has 0 amide bonds. The predicted octanol–water partition coefficient (Wildman–Crippen LogP) is 4.11. The Morgan fingerprint density at radius 2 is 2.03 bits per heavy atom. The maximum absolute atomic E-state index is 15.3. The number of nitrogens with zero attached hydrogens (tertiary/aromatic N) is 5. The summed E-state index contributed by atoms with van der Waals surface area (Å²) in [6.45, 7) is 5.14. The fraction of sp³-hybridized carbons (Fsp3) is 0.304. The van der Waals surface area contributed by atoms with Crippen LogP contribution in [0.2, 0.25) is 0 Å². The molecule has 0 saturated heterocycles. The third kappa shape index (κ3) is 3.21. The molecule has 0 bridgehead atoms. The van der Waals surface area contributed by atoms with Crippen molar-refractivity contribution in [2.24, 2.45) is 0 Å². The van der Waals surface area contributed by atoms with Crippen molar-refractivity contribution < 1.29 is 9.13 Å². The van der Waals surface area contributed by atoms with Crippen molar-refractivity contribution in [3.63, 3.8) is 0 Å². The van der Waals surface area contributed by atoms with Crippen LogP contribution in [0.1, 0.15) is 30.1 Å². The Labute approximate surface area is 189 Å². The Hall–Kier alpha value is -3.95. The number of anilines is 4. The first-order valence-electron chi connectivity index (χ1n) is 10.9. The van der Waals surface area contributed by atoms with Crippen LogP contribution in [0.5, 0.6) is 5.88 Å². The summed E-state index contributed by atoms with van der Waals surface area (Å²) in [4.78, 5) is 13.3. The molecule has 0 unspecified atom stereocenters. The molecule has 9 nitrogen and oxygen atoms in total. The number of pyridine rings is 1. The summed E-state index contributed by atoms with van der Waals surface area (Å²) in [5.41, 5.74) is 11.2. The zero-order valence-electron chi connectivity index (χ0n) is 18.3. The molecule has 1 fully saturated rings. The van der Waals surface area contributed by atoms with Gasteiger partial charge in [0, 0.05) is 35.5 Å². The van der Waals surface area contributed by atoms with Crippen LogP contribution >= 0.6 is 0 Å². The summed E-state index contributed by atoms with van der Waals surface area (Å²) in [7, 11) is 0. The first-order chi connectivity index (χ1) is 16.0. The Morgan fingerprint density at radius 1 is 1.18 bits per heavy atom. The van der Waals surface area contributed by atoms with E-state index in [0.717, 1.165) is 35.5 Å². The number of nitrogens with two attached hydrogens (primary N) is 1. The molecule has 1 aliphatic carbocycles. The van der Waals surface area contributed by atoms with Crippen LogP contribution < -0.4 is 21.1 Å². The van der Waals surface area contributed by atoms with E-state index in [1.165, 1.54) is 0 Å². The molecule has 4 aromatic rings. The van der Waals surface area contributed by atoms with Crippen molar-refractivity contribution in [1.29, 1.82) is 0 Å². The van der Waals surface area contributed by atoms with E-state index in [4.69, 9.17) is 10.5 Å². The Bertz CT molecular complexity index is 1410. The van der Waals surface area contributed by atoms with E-state index in [1.807, 2.05) is 18.5 Å². The van der Waals surface area contributed by atoms with E-state index in [2.05, 4.69) is 30.7 Å². The van der Waals surface area contributed by atoms with Crippen LogP contribution in [0.25, 0.3) is 22.0 Å². The highest BCUT2D eigenvalue weighted by Crippen LogP contribution is 2.40. The molecule has 1 aromatic carbocycles. The summed E-state index contributed by atoms with van der Waals surface area (Å²) >= 11 is 0. The largest absolute Gasteiger partial charge is 0.474 e. The quantitative estimate of drug-likeness (QED) is 0.401. The minimum Gasteiger partial charge on any atom is -0.474 e. The molecule has 1 aliphatic heterocycles. The van der Waals surface area contributed by atoms with Gasteiger partial charge in [-0.2, -0.15) is 5.10 Å². The number of rotatable bonds is 4. The van der Waals surface area contributed by atoms with Crippen molar-refractivity contribution in [3.05, 3.63) is 41.7 Å². The lowest BCUT2D eigenvalue weighted by atomic mass is 9.98. The number of halogens is 1. The van der Waals surface area contributed by atoms with Gasteiger partial charge < -0.3 is 21.1 Å². The van der Waals surface area contributed by atoms with Gasteiger partial charge in [0.15, 0.2) is 5.82 Å². The smallest absolute Gasteiger partial charge is 0.237 e. The minimum atomic E-state index is -0.519. The number of nitrogen functional groups attached to an aromatic ring is 1. The van der Waals surface area contributed by atoms with E-state index in [9.17, 15) is 0 Å². The summed E-state index contributed by atoms with van der Waals surface area (Å²) in [6, 6.07) is 2.17. The standard InChI is InChI=1S/C23H23FN8O/c1-11-15(8-27-22-21(11)26-5-6-33-22)14-7-17-16(20(25)19(14)24)9-28-23(30-17)31-18-10-29-32(12(18)2)13-3-4-13/h7-10,13,26H,3-6,25H2,1-2H3,(H,28,30,31). The molecule has 3 aromatic heterocycles. The third-order valence-corrected chi connectivity index (χ3v) is 6.28. The molecule has 10 heteroatoms. The minimum absolute atomic E-state index is 0.00751. The molecule has 0 spiro atoms. The monoisotopic (exact) mass is 446 g/mol. The SMILES string of the molecule is Cc1c(-c2cc3nc(Nc4cnn(C5CC5)c4C)ncc3c(N)c2F)cnc2c1NCCO2. The molecule has 33 heavy (non-hydrogen) atoms. The molecular weight excluding hydrogens is 423 g/mol. The first kappa shape index (κ1) is 19.7. The first-order valence-corrected chi connectivity index (χ1v) is 10.9. The molecule has 4 N–H and O–H groups in total. The fourth-order valence-corrected chi connectivity index (χ4v) is 4.28. The van der Waals surface area contributed by atoms with Gasteiger partial charge in [-0.25, -0.2) is 19.3 Å². The molecule has 4 heterocycles. The van der Waals surface area contributed by atoms with Crippen LogP contribution in [0.3, 0.4) is 0 Å². The average Bonchev–Trinajstić information content (AvgIpc) is 3.61. The van der Waals surface area contributed by atoms with Crippen LogP contribution in [0, 0.1) is 19.7 Å². The van der Waals surface area contributed by atoms with Gasteiger partial charge in [0.25, 0.3) is 0 Å². The third-order valence-electron chi connectivity index (χ3n) is 6.28. The van der Waals surface area contributed by atoms with E-state index in [0.29, 0.717) is 53.1 Å². The highest BCUT2D eigenvalue weighted by atomic mass is 19.1. The van der Waals surface area contributed by atoms with Crippen molar-refractivity contribution >= 4 is 33.9 Å². The van der Waals surface area contributed by atoms with Gasteiger partial charge in [0.2, 0.25) is 11.8 Å². The van der Waals surface area contributed by atoms with Crippen molar-refractivity contribution in [2.45, 2.75) is 32.7 Å². The molecule has 2 aliphatic rings. The van der Waals surface area contributed by atoms with Crippen molar-refractivity contribution in [2.75, 3.05) is 29.5 Å². The Kier molecular flexibility index (Phi) is 4.36. The zero-order valence-corrected chi connectivity index (χ0v) is 18.3. The number of hydrogen-bond acceptors (Lipinski definition) is 8. The molecular formula is C23H23FN8O. The van der Waals surface area contributed by atoms with Gasteiger partial charge in [-0.3, -0.25) is 4.68 Å². The molecule has 1 saturated carbocycles. The van der Waals surface area contributed by atoms with Crippen LogP contribution in [-0.2, 0) is 0 Å². The lowest BCUT2D eigenvalue weighted by Gasteiger charge is -2.22. The van der Waals surface area contributed by atoms with Crippen LogP contribution in [0.15, 0.2) is 24.7 Å². The second kappa shape index (κ2) is 7.29. The number of ether oxygens (including phenoxy) is 1. The van der Waals surface area contributed by atoms with Crippen molar-refractivity contribution in [3.8, 4) is 17.0 Å². The molecule has 0 atom stereocenters. The zero-order chi connectivity index (χ0) is 22.7. The summed E-state index contributed by atoms with van der Waals surface area (Å²) in [5.74, 6) is 0.399.